The molecule has 1 aromatic heterocycles. The first-order valence-electron chi connectivity index (χ1n) is 9.88. The van der Waals surface area contributed by atoms with Crippen molar-refractivity contribution in [3.05, 3.63) is 53.5 Å². The topological polar surface area (TPSA) is 102 Å². The molecular formula is C23H24N2O5. The number of hydrogen-bond acceptors (Lipinski definition) is 6. The van der Waals surface area contributed by atoms with Crippen LogP contribution in [-0.2, 0) is 4.79 Å². The summed E-state index contributed by atoms with van der Waals surface area (Å²) in [5, 5.41) is 12.4. The number of hydrogen-bond donors (Lipinski definition) is 1. The minimum absolute atomic E-state index is 0.00940. The van der Waals surface area contributed by atoms with Crippen molar-refractivity contribution in [1.29, 1.82) is 5.26 Å². The van der Waals surface area contributed by atoms with E-state index in [-0.39, 0.29) is 29.0 Å². The van der Waals surface area contributed by atoms with Gasteiger partial charge in [-0.05, 0) is 54.7 Å². The Morgan fingerprint density at radius 1 is 1.23 bits per heavy atom. The molecule has 0 aliphatic heterocycles. The fraction of sp³-hybridized carbons (Fsp3) is 0.348. The molecule has 2 aromatic rings. The van der Waals surface area contributed by atoms with Gasteiger partial charge in [0.2, 0.25) is 5.76 Å². The number of carbonyl (C=O) groups excluding carboxylic acids is 2. The maximum atomic E-state index is 12.6. The van der Waals surface area contributed by atoms with Gasteiger partial charge in [-0.25, -0.2) is 4.79 Å². The first kappa shape index (κ1) is 21.2. The summed E-state index contributed by atoms with van der Waals surface area (Å²) in [4.78, 5) is 24.7. The Balaban J connectivity index is 1.75. The van der Waals surface area contributed by atoms with Crippen LogP contribution in [0.3, 0.4) is 0 Å². The first-order chi connectivity index (χ1) is 14.5. The van der Waals surface area contributed by atoms with E-state index in [4.69, 9.17) is 13.9 Å². The average molecular weight is 408 g/mol. The number of carbonyl (C=O) groups is 2. The van der Waals surface area contributed by atoms with Crippen LogP contribution in [-0.4, -0.2) is 25.0 Å². The predicted molar refractivity (Wildman–Crippen MR) is 110 cm³/mol. The molecule has 1 amide bonds. The maximum Gasteiger partial charge on any atom is 0.379 e. The van der Waals surface area contributed by atoms with E-state index in [1.54, 1.807) is 24.3 Å². The van der Waals surface area contributed by atoms with E-state index in [0.29, 0.717) is 17.2 Å². The molecule has 0 saturated heterocycles. The lowest BCUT2D eigenvalue weighted by Gasteiger charge is -2.29. The van der Waals surface area contributed by atoms with Crippen molar-refractivity contribution in [3.8, 4) is 17.6 Å². The number of furan rings is 1. The van der Waals surface area contributed by atoms with Crippen molar-refractivity contribution in [2.75, 3.05) is 7.11 Å². The summed E-state index contributed by atoms with van der Waals surface area (Å²) in [6, 6.07) is 9.92. The van der Waals surface area contributed by atoms with E-state index in [2.05, 4.69) is 12.2 Å². The van der Waals surface area contributed by atoms with Crippen molar-refractivity contribution in [2.45, 2.75) is 38.6 Å². The Morgan fingerprint density at radius 3 is 2.70 bits per heavy atom. The molecule has 1 aromatic carbocycles. The van der Waals surface area contributed by atoms with Crippen LogP contribution in [0.4, 0.5) is 0 Å². The number of benzene rings is 1. The molecule has 1 aliphatic carbocycles. The Hall–Kier alpha value is -3.53. The number of amides is 1. The van der Waals surface area contributed by atoms with Gasteiger partial charge in [0.1, 0.15) is 11.6 Å². The lowest BCUT2D eigenvalue weighted by atomic mass is 9.86. The van der Waals surface area contributed by atoms with Gasteiger partial charge in [-0.1, -0.05) is 25.8 Å². The van der Waals surface area contributed by atoms with Crippen LogP contribution in [0.15, 0.2) is 46.6 Å². The molecule has 3 rings (SSSR count). The van der Waals surface area contributed by atoms with Gasteiger partial charge in [0, 0.05) is 6.04 Å². The fourth-order valence-corrected chi connectivity index (χ4v) is 3.50. The summed E-state index contributed by atoms with van der Waals surface area (Å²) in [7, 11) is 1.44. The second kappa shape index (κ2) is 9.79. The fourth-order valence-electron chi connectivity index (χ4n) is 3.50. The zero-order chi connectivity index (χ0) is 21.5. The van der Waals surface area contributed by atoms with E-state index in [1.807, 2.05) is 6.07 Å². The third-order valence-electron chi connectivity index (χ3n) is 5.22. The molecule has 1 saturated carbocycles. The van der Waals surface area contributed by atoms with Gasteiger partial charge in [-0.2, -0.15) is 5.26 Å². The molecule has 1 heterocycles. The molecule has 0 bridgehead atoms. The Labute approximate surface area is 175 Å². The van der Waals surface area contributed by atoms with Gasteiger partial charge < -0.3 is 19.2 Å². The Kier molecular flexibility index (Phi) is 6.91. The minimum atomic E-state index is -0.653. The van der Waals surface area contributed by atoms with Crippen LogP contribution < -0.4 is 14.8 Å². The highest BCUT2D eigenvalue weighted by molar-refractivity contribution is 6.02. The molecule has 1 N–H and O–H groups in total. The summed E-state index contributed by atoms with van der Waals surface area (Å²) in [6.45, 7) is 2.12. The predicted octanol–water partition coefficient (Wildman–Crippen LogP) is 4.11. The third-order valence-corrected chi connectivity index (χ3v) is 5.22. The van der Waals surface area contributed by atoms with E-state index >= 15 is 0 Å². The molecule has 30 heavy (non-hydrogen) atoms. The molecule has 1 aliphatic rings. The van der Waals surface area contributed by atoms with Gasteiger partial charge in [-0.15, -0.1) is 0 Å². The number of ether oxygens (including phenoxy) is 2. The number of nitrogens with one attached hydrogen (secondary N) is 1. The molecule has 1 fully saturated rings. The lowest BCUT2D eigenvalue weighted by Crippen LogP contribution is -2.41. The highest BCUT2D eigenvalue weighted by atomic mass is 16.6. The maximum absolute atomic E-state index is 12.6. The van der Waals surface area contributed by atoms with Crippen LogP contribution in [0, 0.1) is 17.2 Å². The molecule has 7 heteroatoms. The minimum Gasteiger partial charge on any atom is -0.493 e. The highest BCUT2D eigenvalue weighted by Crippen LogP contribution is 2.30. The summed E-state index contributed by atoms with van der Waals surface area (Å²) in [5.74, 6) is -0.0756. The number of rotatable bonds is 6. The number of methoxy groups -OCH3 is 1. The summed E-state index contributed by atoms with van der Waals surface area (Å²) < 4.78 is 15.6. The van der Waals surface area contributed by atoms with Gasteiger partial charge in [0.25, 0.3) is 5.91 Å². The second-order valence-corrected chi connectivity index (χ2v) is 7.29. The van der Waals surface area contributed by atoms with Crippen molar-refractivity contribution in [2.24, 2.45) is 5.92 Å². The van der Waals surface area contributed by atoms with Gasteiger partial charge in [0.15, 0.2) is 11.5 Å². The van der Waals surface area contributed by atoms with Crippen molar-refractivity contribution in [3.63, 3.8) is 0 Å². The highest BCUT2D eigenvalue weighted by Gasteiger charge is 2.24. The zero-order valence-corrected chi connectivity index (χ0v) is 17.0. The Morgan fingerprint density at radius 2 is 2.03 bits per heavy atom. The third kappa shape index (κ3) is 5.09. The largest absolute Gasteiger partial charge is 0.493 e. The molecule has 0 spiro atoms. The second-order valence-electron chi connectivity index (χ2n) is 7.29. The normalized spacial score (nSPS) is 18.9. The molecule has 156 valence electrons. The van der Waals surface area contributed by atoms with Crippen molar-refractivity contribution >= 4 is 18.0 Å². The quantitative estimate of drug-likeness (QED) is 0.334. The van der Waals surface area contributed by atoms with Crippen LogP contribution >= 0.6 is 0 Å². The zero-order valence-electron chi connectivity index (χ0n) is 17.0. The monoisotopic (exact) mass is 408 g/mol. The number of nitriles is 1. The van der Waals surface area contributed by atoms with Crippen LogP contribution in [0.25, 0.3) is 6.08 Å². The van der Waals surface area contributed by atoms with Gasteiger partial charge >= 0.3 is 5.97 Å². The smallest absolute Gasteiger partial charge is 0.379 e. The molecule has 0 unspecified atom stereocenters. The molecular weight excluding hydrogens is 384 g/mol. The van der Waals surface area contributed by atoms with Crippen LogP contribution in [0.2, 0.25) is 0 Å². The van der Waals surface area contributed by atoms with E-state index in [0.717, 1.165) is 19.3 Å². The number of nitrogens with zero attached hydrogens (tertiary/aromatic N) is 1. The lowest BCUT2D eigenvalue weighted by molar-refractivity contribution is -0.118. The Bertz CT molecular complexity index is 972. The van der Waals surface area contributed by atoms with Gasteiger partial charge in [0.05, 0.1) is 13.4 Å². The molecule has 7 nitrogen and oxygen atoms in total. The van der Waals surface area contributed by atoms with Gasteiger partial charge in [-0.3, -0.25) is 4.79 Å². The number of esters is 1. The van der Waals surface area contributed by atoms with Crippen molar-refractivity contribution < 1.29 is 23.5 Å². The van der Waals surface area contributed by atoms with E-state index in [9.17, 15) is 14.9 Å². The average Bonchev–Trinajstić information content (AvgIpc) is 3.29. The molecule has 2 atom stereocenters. The summed E-state index contributed by atoms with van der Waals surface area (Å²) >= 11 is 0. The van der Waals surface area contributed by atoms with E-state index in [1.165, 1.54) is 31.9 Å². The van der Waals surface area contributed by atoms with Crippen molar-refractivity contribution in [1.82, 2.24) is 5.32 Å². The summed E-state index contributed by atoms with van der Waals surface area (Å²) in [5.41, 5.74) is 0.586. The SMILES string of the molecule is COc1cc(/C=C(\C#N)C(=O)N[C@@H]2CCCC[C@@H]2C)ccc1OC(=O)c1ccco1. The van der Waals surface area contributed by atoms with E-state index < -0.39 is 5.97 Å². The first-order valence-corrected chi connectivity index (χ1v) is 9.88. The summed E-state index contributed by atoms with van der Waals surface area (Å²) in [6.07, 6.45) is 7.12. The van der Waals surface area contributed by atoms with Crippen LogP contribution in [0.5, 0.6) is 11.5 Å². The van der Waals surface area contributed by atoms with Crippen LogP contribution in [0.1, 0.15) is 48.7 Å². The standard InChI is InChI=1S/C23H24N2O5/c1-15-6-3-4-7-18(15)25-22(26)17(14-24)12-16-9-10-19(21(13-16)28-2)30-23(27)20-8-5-11-29-20/h5,8-13,15,18H,3-4,6-7H2,1-2H3,(H,25,26)/b17-12+/t15-,18+/m0/s1. The molecule has 0 radical (unpaired) electrons.